The average molecular weight is 706 g/mol. The molecule has 0 bridgehead atoms. The van der Waals surface area contributed by atoms with Crippen molar-refractivity contribution in [2.75, 3.05) is 0 Å². The first-order chi connectivity index (χ1) is 27.2. The standard InChI is InChI=1S/C51H35N3O/c1-5-14-34(15-6-1)37-24-26-39(27-25-37)50-52-49(38-20-11-4-12-21-38)53-51(54-50)44-22-13-23-47-48(44)45-33-40(28-29-46(45)55-47)43-31-41(35-16-7-2-8-17-35)30-42(32-43)36-18-9-3-10-19-36/h1-33,50H,(H,52,53,54). The fourth-order valence-electron chi connectivity index (χ4n) is 7.55. The molecule has 0 spiro atoms. The van der Waals surface area contributed by atoms with Crippen LogP contribution in [0.1, 0.15) is 22.9 Å². The van der Waals surface area contributed by atoms with E-state index in [4.69, 9.17) is 14.4 Å². The van der Waals surface area contributed by atoms with E-state index in [0.717, 1.165) is 61.2 Å². The van der Waals surface area contributed by atoms with Crippen LogP contribution in [0.2, 0.25) is 0 Å². The summed E-state index contributed by atoms with van der Waals surface area (Å²) in [6, 6.07) is 70.0. The molecule has 0 saturated heterocycles. The van der Waals surface area contributed by atoms with Crippen LogP contribution in [0.4, 0.5) is 0 Å². The van der Waals surface area contributed by atoms with E-state index in [1.165, 1.54) is 27.8 Å². The molecule has 260 valence electrons. The molecule has 8 aromatic carbocycles. The van der Waals surface area contributed by atoms with Crippen LogP contribution in [-0.4, -0.2) is 11.7 Å². The van der Waals surface area contributed by atoms with Gasteiger partial charge in [-0.15, -0.1) is 0 Å². The first-order valence-electron chi connectivity index (χ1n) is 18.6. The van der Waals surface area contributed by atoms with Crippen LogP contribution < -0.4 is 5.32 Å². The van der Waals surface area contributed by atoms with Crippen LogP contribution in [0.25, 0.3) is 66.4 Å². The number of rotatable bonds is 7. The van der Waals surface area contributed by atoms with E-state index in [0.29, 0.717) is 5.84 Å². The van der Waals surface area contributed by atoms with E-state index in [2.05, 4.69) is 169 Å². The van der Waals surface area contributed by atoms with E-state index in [-0.39, 0.29) is 6.17 Å². The molecule has 4 nitrogen and oxygen atoms in total. The third-order valence-corrected chi connectivity index (χ3v) is 10.3. The largest absolute Gasteiger partial charge is 0.456 e. The molecular weight excluding hydrogens is 671 g/mol. The Bertz CT molecular complexity index is 2800. The van der Waals surface area contributed by atoms with Crippen LogP contribution in [0.5, 0.6) is 0 Å². The Morgan fingerprint density at radius 3 is 1.51 bits per heavy atom. The number of nitrogens with one attached hydrogen (secondary N) is 1. The van der Waals surface area contributed by atoms with Gasteiger partial charge in [0.25, 0.3) is 0 Å². The number of furan rings is 1. The Morgan fingerprint density at radius 2 is 0.909 bits per heavy atom. The quantitative estimate of drug-likeness (QED) is 0.179. The second-order valence-electron chi connectivity index (χ2n) is 13.8. The van der Waals surface area contributed by atoms with Gasteiger partial charge in [0, 0.05) is 21.9 Å². The maximum absolute atomic E-state index is 6.52. The van der Waals surface area contributed by atoms with E-state index in [1.54, 1.807) is 0 Å². The van der Waals surface area contributed by atoms with Crippen LogP contribution in [0.3, 0.4) is 0 Å². The summed E-state index contributed by atoms with van der Waals surface area (Å²) in [7, 11) is 0. The van der Waals surface area contributed by atoms with Gasteiger partial charge < -0.3 is 9.73 Å². The molecule has 0 fully saturated rings. The topological polar surface area (TPSA) is 49.9 Å². The summed E-state index contributed by atoms with van der Waals surface area (Å²) in [5.41, 5.74) is 13.9. The molecule has 1 aliphatic rings. The van der Waals surface area contributed by atoms with Crippen molar-refractivity contribution in [1.29, 1.82) is 0 Å². The normalized spacial score (nSPS) is 14.0. The molecule has 0 radical (unpaired) electrons. The third-order valence-electron chi connectivity index (χ3n) is 10.3. The molecule has 2 heterocycles. The van der Waals surface area contributed by atoms with Gasteiger partial charge in [0.1, 0.15) is 23.2 Å². The minimum atomic E-state index is -0.339. The lowest BCUT2D eigenvalue weighted by Crippen LogP contribution is -2.33. The lowest BCUT2D eigenvalue weighted by molar-refractivity contribution is 0.668. The van der Waals surface area contributed by atoms with Crippen LogP contribution >= 0.6 is 0 Å². The Labute approximate surface area is 319 Å². The summed E-state index contributed by atoms with van der Waals surface area (Å²) in [6.07, 6.45) is -0.339. The van der Waals surface area contributed by atoms with Crippen molar-refractivity contribution in [2.45, 2.75) is 6.17 Å². The molecule has 10 rings (SSSR count). The van der Waals surface area contributed by atoms with Gasteiger partial charge in [-0.1, -0.05) is 164 Å². The van der Waals surface area contributed by atoms with Crippen molar-refractivity contribution in [2.24, 2.45) is 9.98 Å². The zero-order chi connectivity index (χ0) is 36.6. The van der Waals surface area contributed by atoms with Gasteiger partial charge in [0.15, 0.2) is 5.84 Å². The lowest BCUT2D eigenvalue weighted by atomic mass is 9.92. The number of hydrogen-bond acceptors (Lipinski definition) is 4. The summed E-state index contributed by atoms with van der Waals surface area (Å²) >= 11 is 0. The van der Waals surface area contributed by atoms with Gasteiger partial charge in [-0.25, -0.2) is 9.98 Å². The van der Waals surface area contributed by atoms with Crippen LogP contribution in [0.15, 0.2) is 215 Å². The van der Waals surface area contributed by atoms with Gasteiger partial charge in [-0.3, -0.25) is 0 Å². The van der Waals surface area contributed by atoms with Crippen molar-refractivity contribution in [1.82, 2.24) is 5.32 Å². The fourth-order valence-corrected chi connectivity index (χ4v) is 7.55. The summed E-state index contributed by atoms with van der Waals surface area (Å²) in [5, 5.41) is 5.65. The molecule has 1 N–H and O–H groups in total. The maximum atomic E-state index is 6.52. The van der Waals surface area contributed by atoms with Gasteiger partial charge in [-0.2, -0.15) is 0 Å². The van der Waals surface area contributed by atoms with E-state index < -0.39 is 0 Å². The zero-order valence-corrected chi connectivity index (χ0v) is 29.9. The average Bonchev–Trinajstić information content (AvgIpc) is 3.66. The molecule has 1 aromatic heterocycles. The number of amidine groups is 2. The summed E-state index contributed by atoms with van der Waals surface area (Å²) in [4.78, 5) is 10.5. The SMILES string of the molecule is c1ccc(C2=NC(c3cccc4oc5ccc(-c6cc(-c7ccccc7)cc(-c7ccccc7)c6)cc5c34)=NC(c3ccc(-c4ccccc4)cc3)N2)cc1. The number of nitrogens with zero attached hydrogens (tertiary/aromatic N) is 2. The highest BCUT2D eigenvalue weighted by molar-refractivity contribution is 6.22. The van der Waals surface area contributed by atoms with Crippen LogP contribution in [-0.2, 0) is 0 Å². The van der Waals surface area contributed by atoms with Gasteiger partial charge in [-0.05, 0) is 86.5 Å². The highest BCUT2D eigenvalue weighted by atomic mass is 16.3. The van der Waals surface area contributed by atoms with Gasteiger partial charge >= 0.3 is 0 Å². The van der Waals surface area contributed by atoms with Crippen molar-refractivity contribution in [3.63, 3.8) is 0 Å². The molecule has 9 aromatic rings. The molecule has 0 aliphatic carbocycles. The predicted molar refractivity (Wildman–Crippen MR) is 227 cm³/mol. The van der Waals surface area contributed by atoms with Crippen molar-refractivity contribution >= 4 is 33.6 Å². The van der Waals surface area contributed by atoms with E-state index >= 15 is 0 Å². The highest BCUT2D eigenvalue weighted by Gasteiger charge is 2.24. The molecule has 1 aliphatic heterocycles. The first kappa shape index (κ1) is 32.4. The zero-order valence-electron chi connectivity index (χ0n) is 29.9. The van der Waals surface area contributed by atoms with Crippen LogP contribution in [0, 0.1) is 0 Å². The van der Waals surface area contributed by atoms with Crippen molar-refractivity contribution in [3.8, 4) is 44.5 Å². The minimum Gasteiger partial charge on any atom is -0.456 e. The Balaban J connectivity index is 1.11. The van der Waals surface area contributed by atoms with E-state index in [1.807, 2.05) is 36.4 Å². The molecule has 55 heavy (non-hydrogen) atoms. The molecule has 1 atom stereocenters. The molecular formula is C51H35N3O. The van der Waals surface area contributed by atoms with Crippen molar-refractivity contribution in [3.05, 3.63) is 217 Å². The Kier molecular flexibility index (Phi) is 8.19. The lowest BCUT2D eigenvalue weighted by Gasteiger charge is -2.24. The number of benzene rings is 8. The summed E-state index contributed by atoms with van der Waals surface area (Å²) in [5.74, 6) is 1.44. The first-order valence-corrected chi connectivity index (χ1v) is 18.6. The smallest absolute Gasteiger partial charge is 0.160 e. The van der Waals surface area contributed by atoms with E-state index in [9.17, 15) is 0 Å². The number of aliphatic imine (C=N–C) groups is 2. The predicted octanol–water partition coefficient (Wildman–Crippen LogP) is 12.7. The second kappa shape index (κ2) is 13.9. The molecule has 0 amide bonds. The molecule has 0 saturated carbocycles. The Hall–Kier alpha value is -7.30. The summed E-state index contributed by atoms with van der Waals surface area (Å²) in [6.45, 7) is 0. The monoisotopic (exact) mass is 705 g/mol. The third kappa shape index (κ3) is 6.30. The Morgan fingerprint density at radius 1 is 0.400 bits per heavy atom. The number of fused-ring (bicyclic) bond motifs is 3. The maximum Gasteiger partial charge on any atom is 0.160 e. The fraction of sp³-hybridized carbons (Fsp3) is 0.0196. The minimum absolute atomic E-state index is 0.339. The number of hydrogen-bond donors (Lipinski definition) is 1. The molecule has 1 unspecified atom stereocenters. The van der Waals surface area contributed by atoms with Gasteiger partial charge in [0.2, 0.25) is 0 Å². The second-order valence-corrected chi connectivity index (χ2v) is 13.8. The summed E-state index contributed by atoms with van der Waals surface area (Å²) < 4.78 is 6.52. The highest BCUT2D eigenvalue weighted by Crippen LogP contribution is 2.38. The molecule has 4 heteroatoms. The van der Waals surface area contributed by atoms with Crippen molar-refractivity contribution < 1.29 is 4.42 Å². The van der Waals surface area contributed by atoms with Gasteiger partial charge in [0.05, 0.1) is 0 Å².